The van der Waals surface area contributed by atoms with E-state index in [0.29, 0.717) is 22.7 Å². The summed E-state index contributed by atoms with van der Waals surface area (Å²) in [6, 6.07) is 14.7. The van der Waals surface area contributed by atoms with Gasteiger partial charge in [-0.05, 0) is 35.9 Å². The molecule has 2 aromatic rings. The van der Waals surface area contributed by atoms with Crippen LogP contribution in [0.2, 0.25) is 0 Å². The molecule has 158 valence electrons. The van der Waals surface area contributed by atoms with Crippen LogP contribution in [0, 0.1) is 17.2 Å². The van der Waals surface area contributed by atoms with Crippen LogP contribution in [0.1, 0.15) is 11.1 Å². The summed E-state index contributed by atoms with van der Waals surface area (Å²) in [5, 5.41) is 11.9. The van der Waals surface area contributed by atoms with E-state index in [0.717, 1.165) is 5.56 Å². The molecule has 0 saturated carbocycles. The normalized spacial score (nSPS) is 18.1. The zero-order valence-corrected chi connectivity index (χ0v) is 17.2. The molecule has 0 radical (unpaired) electrons. The van der Waals surface area contributed by atoms with Gasteiger partial charge in [0.05, 0.1) is 36.5 Å². The van der Waals surface area contributed by atoms with Crippen LogP contribution in [0.5, 0.6) is 5.75 Å². The highest BCUT2D eigenvalue weighted by molar-refractivity contribution is 6.24. The predicted molar refractivity (Wildman–Crippen MR) is 121 cm³/mol. The number of para-hydroxylation sites is 1. The van der Waals surface area contributed by atoms with Crippen molar-refractivity contribution in [3.8, 4) is 11.8 Å². The number of carbonyl (C=O) groups excluding carboxylic acids is 2. The molecular weight excluding hydrogens is 406 g/mol. The van der Waals surface area contributed by atoms with Crippen LogP contribution in [-0.4, -0.2) is 35.6 Å². The number of anilines is 1. The topological polar surface area (TPSA) is 107 Å². The van der Waals surface area contributed by atoms with Gasteiger partial charge in [-0.3, -0.25) is 4.90 Å². The molecule has 0 fully saturated rings. The average Bonchev–Trinajstić information content (AvgIpc) is 2.82. The van der Waals surface area contributed by atoms with Crippen LogP contribution in [0.3, 0.4) is 0 Å². The van der Waals surface area contributed by atoms with Gasteiger partial charge in [-0.2, -0.15) is 15.2 Å². The SMILES string of the molecule is COc1ccc(CN2C(=O)N=C3C=CC=CC3/C2=N/C(=O)Nc2ccccc2C#N)cc1. The van der Waals surface area contributed by atoms with Crippen molar-refractivity contribution in [1.82, 2.24) is 4.90 Å². The number of urea groups is 2. The van der Waals surface area contributed by atoms with Crippen LogP contribution >= 0.6 is 0 Å². The highest BCUT2D eigenvalue weighted by atomic mass is 16.5. The monoisotopic (exact) mass is 425 g/mol. The Labute approximate surface area is 184 Å². The van der Waals surface area contributed by atoms with Gasteiger partial charge in [0.15, 0.2) is 0 Å². The molecule has 1 N–H and O–H groups in total. The number of nitriles is 1. The summed E-state index contributed by atoms with van der Waals surface area (Å²) in [6.07, 6.45) is 7.17. The van der Waals surface area contributed by atoms with Crippen molar-refractivity contribution >= 4 is 29.3 Å². The van der Waals surface area contributed by atoms with Gasteiger partial charge in [0.2, 0.25) is 0 Å². The largest absolute Gasteiger partial charge is 0.497 e. The smallest absolute Gasteiger partial charge is 0.349 e. The number of amidine groups is 1. The molecule has 4 amide bonds. The lowest BCUT2D eigenvalue weighted by molar-refractivity contribution is 0.226. The highest BCUT2D eigenvalue weighted by Gasteiger charge is 2.34. The average molecular weight is 425 g/mol. The molecule has 0 aromatic heterocycles. The second kappa shape index (κ2) is 9.10. The molecule has 32 heavy (non-hydrogen) atoms. The molecule has 0 bridgehead atoms. The third kappa shape index (κ3) is 4.32. The number of fused-ring (bicyclic) bond motifs is 1. The molecule has 1 heterocycles. The Hall–Kier alpha value is -4.51. The number of nitrogens with one attached hydrogen (secondary N) is 1. The van der Waals surface area contributed by atoms with E-state index in [1.807, 2.05) is 30.4 Å². The molecule has 1 atom stereocenters. The summed E-state index contributed by atoms with van der Waals surface area (Å²) in [4.78, 5) is 35.4. The summed E-state index contributed by atoms with van der Waals surface area (Å²) in [6.45, 7) is 0.189. The number of hydrogen-bond acceptors (Lipinski definition) is 4. The lowest BCUT2D eigenvalue weighted by Crippen LogP contribution is -2.46. The van der Waals surface area contributed by atoms with E-state index in [9.17, 15) is 14.9 Å². The van der Waals surface area contributed by atoms with E-state index >= 15 is 0 Å². The summed E-state index contributed by atoms with van der Waals surface area (Å²) < 4.78 is 5.18. The zero-order chi connectivity index (χ0) is 22.5. The van der Waals surface area contributed by atoms with Gasteiger partial charge in [0, 0.05) is 0 Å². The van der Waals surface area contributed by atoms with E-state index in [4.69, 9.17) is 4.74 Å². The van der Waals surface area contributed by atoms with Gasteiger partial charge in [-0.1, -0.05) is 42.5 Å². The third-order valence-electron chi connectivity index (χ3n) is 5.02. The maximum absolute atomic E-state index is 12.8. The maximum Gasteiger partial charge on any atom is 0.349 e. The van der Waals surface area contributed by atoms with Gasteiger partial charge >= 0.3 is 12.1 Å². The van der Waals surface area contributed by atoms with Crippen LogP contribution in [0.15, 0.2) is 82.8 Å². The fourth-order valence-electron chi connectivity index (χ4n) is 3.42. The maximum atomic E-state index is 12.8. The number of carbonyl (C=O) groups is 2. The molecule has 4 rings (SSSR count). The third-order valence-corrected chi connectivity index (χ3v) is 5.02. The van der Waals surface area contributed by atoms with Crippen molar-refractivity contribution in [3.63, 3.8) is 0 Å². The number of nitrogens with zero attached hydrogens (tertiary/aromatic N) is 4. The molecule has 1 unspecified atom stereocenters. The van der Waals surface area contributed by atoms with Gasteiger partial charge in [0.25, 0.3) is 0 Å². The number of amides is 4. The van der Waals surface area contributed by atoms with E-state index in [1.165, 1.54) is 4.90 Å². The van der Waals surface area contributed by atoms with E-state index in [-0.39, 0.29) is 12.4 Å². The number of ether oxygens (including phenoxy) is 1. The number of rotatable bonds is 4. The van der Waals surface area contributed by atoms with Crippen LogP contribution in [0.25, 0.3) is 0 Å². The van der Waals surface area contributed by atoms with Crippen molar-refractivity contribution in [2.24, 2.45) is 15.9 Å². The van der Waals surface area contributed by atoms with Crippen molar-refractivity contribution in [1.29, 1.82) is 5.26 Å². The zero-order valence-electron chi connectivity index (χ0n) is 17.2. The first kappa shape index (κ1) is 20.8. The molecule has 1 aliphatic carbocycles. The van der Waals surface area contributed by atoms with Crippen LogP contribution in [-0.2, 0) is 6.54 Å². The van der Waals surface area contributed by atoms with Crippen molar-refractivity contribution in [2.45, 2.75) is 6.54 Å². The first-order valence-corrected chi connectivity index (χ1v) is 9.85. The minimum atomic E-state index is -0.681. The summed E-state index contributed by atoms with van der Waals surface area (Å²) in [5.41, 5.74) is 2.02. The quantitative estimate of drug-likeness (QED) is 0.787. The Morgan fingerprint density at radius 1 is 1.22 bits per heavy atom. The van der Waals surface area contributed by atoms with Crippen molar-refractivity contribution in [3.05, 3.63) is 84.0 Å². The van der Waals surface area contributed by atoms with Gasteiger partial charge in [0.1, 0.15) is 17.7 Å². The highest BCUT2D eigenvalue weighted by Crippen LogP contribution is 2.24. The van der Waals surface area contributed by atoms with Crippen LogP contribution < -0.4 is 10.1 Å². The molecule has 2 aliphatic rings. The predicted octanol–water partition coefficient (Wildman–Crippen LogP) is 4.32. The minimum absolute atomic E-state index is 0.189. The molecule has 0 spiro atoms. The van der Waals surface area contributed by atoms with Crippen molar-refractivity contribution in [2.75, 3.05) is 12.4 Å². The molecule has 2 aromatic carbocycles. The van der Waals surface area contributed by atoms with Gasteiger partial charge in [-0.15, -0.1) is 0 Å². The number of methoxy groups -OCH3 is 1. The summed E-state index contributed by atoms with van der Waals surface area (Å²) >= 11 is 0. The molecule has 8 nitrogen and oxygen atoms in total. The van der Waals surface area contributed by atoms with Crippen LogP contribution in [0.4, 0.5) is 15.3 Å². The minimum Gasteiger partial charge on any atom is -0.497 e. The van der Waals surface area contributed by atoms with Gasteiger partial charge < -0.3 is 10.1 Å². The van der Waals surface area contributed by atoms with E-state index < -0.39 is 18.0 Å². The number of allylic oxidation sites excluding steroid dienone is 3. The standard InChI is InChI=1S/C24H19N5O3/c1-32-18-12-10-16(11-13-18)15-29-22(19-7-3-5-9-21(19)27-24(29)31)28-23(30)26-20-8-4-2-6-17(20)14-25/h2-13,19H,15H2,1H3,(H,26,30)/b28-22-. The second-order valence-electron chi connectivity index (χ2n) is 7.03. The Bertz CT molecular complexity index is 1220. The van der Waals surface area contributed by atoms with Gasteiger partial charge in [-0.25, -0.2) is 9.59 Å². The molecular formula is C24H19N5O3. The number of benzene rings is 2. The number of hydrogen-bond donors (Lipinski definition) is 1. The lowest BCUT2D eigenvalue weighted by Gasteiger charge is -2.31. The second-order valence-corrected chi connectivity index (χ2v) is 7.03. The van der Waals surface area contributed by atoms with Crippen molar-refractivity contribution < 1.29 is 14.3 Å². The fraction of sp³-hybridized carbons (Fsp3) is 0.125. The lowest BCUT2D eigenvalue weighted by atomic mass is 9.94. The first-order valence-electron chi connectivity index (χ1n) is 9.85. The van der Waals surface area contributed by atoms with E-state index in [2.05, 4.69) is 15.3 Å². The number of aliphatic imine (C=N–C) groups is 2. The molecule has 1 aliphatic heterocycles. The van der Waals surface area contributed by atoms with E-state index in [1.54, 1.807) is 55.7 Å². The Morgan fingerprint density at radius 3 is 2.75 bits per heavy atom. The first-order chi connectivity index (χ1) is 15.6. The fourth-order valence-corrected chi connectivity index (χ4v) is 3.42. The Kier molecular flexibility index (Phi) is 5.90. The summed E-state index contributed by atoms with van der Waals surface area (Å²) in [7, 11) is 1.58. The molecule has 0 saturated heterocycles. The Morgan fingerprint density at radius 2 is 2.00 bits per heavy atom. The summed E-state index contributed by atoms with van der Waals surface area (Å²) in [5.74, 6) is 0.528. The molecule has 8 heteroatoms. The Balaban J connectivity index is 1.67.